The van der Waals surface area contributed by atoms with Gasteiger partial charge in [-0.3, -0.25) is 0 Å². The Labute approximate surface area is 294 Å². The lowest BCUT2D eigenvalue weighted by molar-refractivity contribution is 0.870. The zero-order valence-corrected chi connectivity index (χ0v) is 30.9. The SMILES string of the molecule is CC1=CC(C)([Si](c2ccc(C)c(-c3ccccc3)c2)(c2ccc(C)c(-c3ccccc3)c2)c2ccc(C)c(-c3ccccc3)c2)C(C)=C1C. The molecule has 0 aromatic heterocycles. The molecule has 0 saturated heterocycles. The second-order valence-corrected chi connectivity index (χ2v) is 18.5. The lowest BCUT2D eigenvalue weighted by Gasteiger charge is -2.47. The van der Waals surface area contributed by atoms with Crippen LogP contribution in [0.15, 0.2) is 168 Å². The third kappa shape index (κ3) is 5.38. The average Bonchev–Trinajstić information content (AvgIpc) is 3.33. The molecule has 1 aliphatic rings. The standard InChI is InChI=1S/C48H46Si/c1-33-23-26-42(29-45(33)39-17-11-8-12-18-39)49(48(7)32-36(4)37(5)38(48)6,43-27-24-34(2)46(30-43)40-19-13-9-14-20-40)44-28-25-35(3)47(31-44)41-21-15-10-16-22-41/h8-32H,1-7H3. The van der Waals surface area contributed by atoms with Crippen molar-refractivity contribution in [2.45, 2.75) is 53.5 Å². The Kier molecular flexibility index (Phi) is 8.51. The molecular weight excluding hydrogens is 605 g/mol. The molecule has 0 bridgehead atoms. The molecule has 1 heteroatoms. The van der Waals surface area contributed by atoms with Crippen molar-refractivity contribution in [2.75, 3.05) is 0 Å². The van der Waals surface area contributed by atoms with Gasteiger partial charge in [0, 0.05) is 5.04 Å². The number of allylic oxidation sites excluding steroid dienone is 4. The van der Waals surface area contributed by atoms with Crippen molar-refractivity contribution in [3.63, 3.8) is 0 Å². The highest BCUT2D eigenvalue weighted by atomic mass is 28.3. The molecule has 0 aliphatic heterocycles. The van der Waals surface area contributed by atoms with Crippen LogP contribution in [0.3, 0.4) is 0 Å². The summed E-state index contributed by atoms with van der Waals surface area (Å²) in [4.78, 5) is 0. The van der Waals surface area contributed by atoms with Gasteiger partial charge in [-0.15, -0.1) is 0 Å². The number of hydrogen-bond donors (Lipinski definition) is 0. The van der Waals surface area contributed by atoms with Crippen molar-refractivity contribution in [2.24, 2.45) is 0 Å². The fraction of sp³-hybridized carbons (Fsp3) is 0.167. The molecule has 6 aromatic rings. The molecule has 1 atom stereocenters. The lowest BCUT2D eigenvalue weighted by Crippen LogP contribution is -2.73. The largest absolute Gasteiger partial charge is 0.161 e. The van der Waals surface area contributed by atoms with Crippen LogP contribution in [-0.2, 0) is 0 Å². The molecule has 0 heterocycles. The summed E-state index contributed by atoms with van der Waals surface area (Å²) in [6.07, 6.45) is 2.62. The Morgan fingerprint density at radius 1 is 0.408 bits per heavy atom. The summed E-state index contributed by atoms with van der Waals surface area (Å²) >= 11 is 0. The van der Waals surface area contributed by atoms with Gasteiger partial charge in [-0.2, -0.15) is 0 Å². The molecule has 0 amide bonds. The third-order valence-electron chi connectivity index (χ3n) is 11.5. The van der Waals surface area contributed by atoms with Crippen molar-refractivity contribution in [3.8, 4) is 33.4 Å². The van der Waals surface area contributed by atoms with Gasteiger partial charge in [0.15, 0.2) is 8.07 Å². The van der Waals surface area contributed by atoms with Crippen molar-refractivity contribution < 1.29 is 0 Å². The van der Waals surface area contributed by atoms with E-state index < -0.39 is 8.07 Å². The van der Waals surface area contributed by atoms with E-state index in [2.05, 4.69) is 200 Å². The summed E-state index contributed by atoms with van der Waals surface area (Å²) in [5.41, 5.74) is 15.9. The smallest absolute Gasteiger partial charge is 0.0730 e. The monoisotopic (exact) mass is 650 g/mol. The zero-order chi connectivity index (χ0) is 34.3. The number of aryl methyl sites for hydroxylation is 3. The average molecular weight is 651 g/mol. The van der Waals surface area contributed by atoms with Gasteiger partial charge >= 0.3 is 0 Å². The first kappa shape index (κ1) is 32.6. The van der Waals surface area contributed by atoms with E-state index in [0.717, 1.165) is 0 Å². The van der Waals surface area contributed by atoms with E-state index in [-0.39, 0.29) is 5.04 Å². The summed E-state index contributed by atoms with van der Waals surface area (Å²) in [5, 5.41) is 4.08. The Balaban J connectivity index is 1.66. The molecule has 0 saturated carbocycles. The van der Waals surface area contributed by atoms with Crippen LogP contribution in [0.1, 0.15) is 44.4 Å². The van der Waals surface area contributed by atoms with Crippen LogP contribution in [0, 0.1) is 20.8 Å². The van der Waals surface area contributed by atoms with E-state index in [9.17, 15) is 0 Å². The molecule has 242 valence electrons. The van der Waals surface area contributed by atoms with Gasteiger partial charge in [-0.05, 0) is 113 Å². The second-order valence-electron chi connectivity index (χ2n) is 14.2. The second kappa shape index (κ2) is 12.8. The number of rotatable bonds is 7. The van der Waals surface area contributed by atoms with Crippen LogP contribution in [-0.4, -0.2) is 8.07 Å². The number of benzene rings is 6. The highest BCUT2D eigenvalue weighted by Crippen LogP contribution is 2.53. The maximum absolute atomic E-state index is 2.96. The minimum atomic E-state index is -2.96. The molecule has 0 fully saturated rings. The fourth-order valence-electron chi connectivity index (χ4n) is 8.48. The first-order valence-corrected chi connectivity index (χ1v) is 19.5. The predicted molar refractivity (Wildman–Crippen MR) is 215 cm³/mol. The van der Waals surface area contributed by atoms with Gasteiger partial charge in [-0.1, -0.05) is 170 Å². The van der Waals surface area contributed by atoms with Gasteiger partial charge in [0.25, 0.3) is 0 Å². The molecule has 1 aliphatic carbocycles. The number of hydrogen-bond acceptors (Lipinski definition) is 0. The van der Waals surface area contributed by atoms with Crippen LogP contribution in [0.2, 0.25) is 5.04 Å². The van der Waals surface area contributed by atoms with Gasteiger partial charge in [-0.25, -0.2) is 0 Å². The summed E-state index contributed by atoms with van der Waals surface area (Å²) in [7, 11) is -2.96. The normalized spacial score (nSPS) is 16.2. The zero-order valence-electron chi connectivity index (χ0n) is 29.9. The van der Waals surface area contributed by atoms with E-state index >= 15 is 0 Å². The van der Waals surface area contributed by atoms with Crippen LogP contribution in [0.5, 0.6) is 0 Å². The van der Waals surface area contributed by atoms with Crippen molar-refractivity contribution in [1.82, 2.24) is 0 Å². The maximum Gasteiger partial charge on any atom is 0.161 e. The van der Waals surface area contributed by atoms with E-state index in [4.69, 9.17) is 0 Å². The minimum Gasteiger partial charge on any atom is -0.0730 e. The van der Waals surface area contributed by atoms with E-state index in [1.54, 1.807) is 0 Å². The lowest BCUT2D eigenvalue weighted by atomic mass is 10.0. The van der Waals surface area contributed by atoms with Crippen LogP contribution < -0.4 is 15.6 Å². The topological polar surface area (TPSA) is 0 Å². The first-order chi connectivity index (χ1) is 23.6. The van der Waals surface area contributed by atoms with Gasteiger partial charge < -0.3 is 0 Å². The van der Waals surface area contributed by atoms with Gasteiger partial charge in [0.1, 0.15) is 0 Å². The highest BCUT2D eigenvalue weighted by Gasteiger charge is 2.56. The molecular formula is C48H46Si. The highest BCUT2D eigenvalue weighted by molar-refractivity contribution is 7.14. The molecule has 0 spiro atoms. The first-order valence-electron chi connectivity index (χ1n) is 17.5. The summed E-state index contributed by atoms with van der Waals surface area (Å²) in [5.74, 6) is 0. The Bertz CT molecular complexity index is 2010. The van der Waals surface area contributed by atoms with Gasteiger partial charge in [0.05, 0.1) is 0 Å². The van der Waals surface area contributed by atoms with Crippen LogP contribution >= 0.6 is 0 Å². The summed E-state index contributed by atoms with van der Waals surface area (Å²) in [6, 6.07) is 55.0. The third-order valence-corrected chi connectivity index (χ3v) is 17.1. The molecule has 6 aromatic carbocycles. The molecule has 0 nitrogen and oxygen atoms in total. The van der Waals surface area contributed by atoms with E-state index in [1.807, 2.05) is 0 Å². The fourth-order valence-corrected chi connectivity index (χ4v) is 14.5. The minimum absolute atomic E-state index is 0.225. The van der Waals surface area contributed by atoms with Gasteiger partial charge in [0.2, 0.25) is 0 Å². The van der Waals surface area contributed by atoms with Crippen LogP contribution in [0.25, 0.3) is 33.4 Å². The maximum atomic E-state index is 2.62. The van der Waals surface area contributed by atoms with E-state index in [1.165, 1.54) is 82.4 Å². The molecule has 7 rings (SSSR count). The molecule has 0 N–H and O–H groups in total. The van der Waals surface area contributed by atoms with Crippen molar-refractivity contribution in [1.29, 1.82) is 0 Å². The molecule has 0 radical (unpaired) electrons. The quantitative estimate of drug-likeness (QED) is 0.119. The van der Waals surface area contributed by atoms with Crippen LogP contribution in [0.4, 0.5) is 0 Å². The Hall–Kier alpha value is -4.98. The predicted octanol–water partition coefficient (Wildman–Crippen LogP) is 11.1. The molecule has 1 unspecified atom stereocenters. The van der Waals surface area contributed by atoms with Crippen molar-refractivity contribution >= 4 is 23.6 Å². The molecule has 49 heavy (non-hydrogen) atoms. The van der Waals surface area contributed by atoms with Crippen molar-refractivity contribution in [3.05, 3.63) is 185 Å². The summed E-state index contributed by atoms with van der Waals surface area (Å²) in [6.45, 7) is 16.3. The summed E-state index contributed by atoms with van der Waals surface area (Å²) < 4.78 is 0. The van der Waals surface area contributed by atoms with E-state index in [0.29, 0.717) is 0 Å². The Morgan fingerprint density at radius 2 is 0.735 bits per heavy atom. The Morgan fingerprint density at radius 3 is 1.02 bits per heavy atom.